The number of sulfone groups is 1. The Balaban J connectivity index is 2.00. The standard InChI is InChI=1S/C13H12N2O3S/c14-6-9-2-1-3-11(4-9)15-12-8-19(17,18)7-10(12)5-13(15)16/h1-4,10,12H,5,7-8H2/t10-,12-/m1/s1. The van der Waals surface area contributed by atoms with Crippen LogP contribution in [0.4, 0.5) is 5.69 Å². The van der Waals surface area contributed by atoms with Crippen molar-refractivity contribution in [1.82, 2.24) is 0 Å². The summed E-state index contributed by atoms with van der Waals surface area (Å²) in [5.74, 6) is -0.0406. The van der Waals surface area contributed by atoms with Crippen LogP contribution in [-0.2, 0) is 14.6 Å². The number of nitrogens with zero attached hydrogens (tertiary/aromatic N) is 2. The van der Waals surface area contributed by atoms with E-state index >= 15 is 0 Å². The van der Waals surface area contributed by atoms with Crippen molar-refractivity contribution < 1.29 is 13.2 Å². The van der Waals surface area contributed by atoms with Crippen LogP contribution in [-0.4, -0.2) is 31.9 Å². The van der Waals surface area contributed by atoms with Crippen molar-refractivity contribution in [1.29, 1.82) is 5.26 Å². The summed E-state index contributed by atoms with van der Waals surface area (Å²) in [5.41, 5.74) is 1.09. The van der Waals surface area contributed by atoms with Crippen LogP contribution in [0.2, 0.25) is 0 Å². The van der Waals surface area contributed by atoms with Gasteiger partial charge in [0.15, 0.2) is 9.84 Å². The van der Waals surface area contributed by atoms with Gasteiger partial charge in [0.1, 0.15) is 0 Å². The highest BCUT2D eigenvalue weighted by Gasteiger charge is 2.49. The van der Waals surface area contributed by atoms with Gasteiger partial charge >= 0.3 is 0 Å². The van der Waals surface area contributed by atoms with Crippen molar-refractivity contribution in [2.24, 2.45) is 5.92 Å². The number of amides is 1. The minimum absolute atomic E-state index is 0.0280. The third-order valence-corrected chi connectivity index (χ3v) is 5.51. The molecule has 0 aromatic heterocycles. The van der Waals surface area contributed by atoms with Crippen LogP contribution in [0.5, 0.6) is 0 Å². The number of hydrogen-bond acceptors (Lipinski definition) is 4. The summed E-state index contributed by atoms with van der Waals surface area (Å²) in [5, 5.41) is 8.89. The molecule has 2 aliphatic rings. The second-order valence-electron chi connectivity index (χ2n) is 5.03. The van der Waals surface area contributed by atoms with Crippen molar-refractivity contribution in [3.63, 3.8) is 0 Å². The van der Waals surface area contributed by atoms with E-state index < -0.39 is 9.84 Å². The molecular weight excluding hydrogens is 264 g/mol. The van der Waals surface area contributed by atoms with Gasteiger partial charge in [-0.1, -0.05) is 6.07 Å². The molecule has 2 heterocycles. The highest BCUT2D eigenvalue weighted by molar-refractivity contribution is 7.91. The minimum atomic E-state index is -3.04. The van der Waals surface area contributed by atoms with E-state index in [4.69, 9.17) is 5.26 Å². The molecule has 2 aliphatic heterocycles. The predicted molar refractivity (Wildman–Crippen MR) is 69.2 cm³/mol. The molecule has 3 rings (SSSR count). The summed E-state index contributed by atoms with van der Waals surface area (Å²) < 4.78 is 23.3. The molecule has 1 amide bonds. The van der Waals surface area contributed by atoms with E-state index in [1.807, 2.05) is 6.07 Å². The zero-order valence-electron chi connectivity index (χ0n) is 10.1. The van der Waals surface area contributed by atoms with Gasteiger partial charge in [0.25, 0.3) is 0 Å². The monoisotopic (exact) mass is 276 g/mol. The fourth-order valence-electron chi connectivity index (χ4n) is 2.95. The Hall–Kier alpha value is -1.87. The molecule has 1 aromatic carbocycles. The fraction of sp³-hybridized carbons (Fsp3) is 0.385. The van der Waals surface area contributed by atoms with Gasteiger partial charge in [-0.05, 0) is 18.2 Å². The van der Waals surface area contributed by atoms with E-state index in [0.29, 0.717) is 11.3 Å². The van der Waals surface area contributed by atoms with Gasteiger partial charge in [-0.3, -0.25) is 4.79 Å². The lowest BCUT2D eigenvalue weighted by Crippen LogP contribution is -2.36. The normalized spacial score (nSPS) is 28.2. The molecule has 2 atom stereocenters. The van der Waals surface area contributed by atoms with Gasteiger partial charge in [-0.15, -0.1) is 0 Å². The SMILES string of the molecule is N#Cc1cccc(N2C(=O)C[C@@H]3CS(=O)(=O)C[C@H]32)c1. The molecule has 0 aliphatic carbocycles. The molecule has 0 bridgehead atoms. The zero-order valence-corrected chi connectivity index (χ0v) is 10.9. The van der Waals surface area contributed by atoms with E-state index in [1.54, 1.807) is 29.2 Å². The van der Waals surface area contributed by atoms with E-state index in [9.17, 15) is 13.2 Å². The molecule has 5 nitrogen and oxygen atoms in total. The molecule has 98 valence electrons. The van der Waals surface area contributed by atoms with Gasteiger partial charge in [0, 0.05) is 18.0 Å². The molecular formula is C13H12N2O3S. The first-order valence-electron chi connectivity index (χ1n) is 6.03. The number of anilines is 1. The smallest absolute Gasteiger partial charge is 0.227 e. The number of nitriles is 1. The van der Waals surface area contributed by atoms with Crippen LogP contribution in [0.1, 0.15) is 12.0 Å². The Morgan fingerprint density at radius 2 is 2.11 bits per heavy atom. The van der Waals surface area contributed by atoms with Crippen LogP contribution in [0.15, 0.2) is 24.3 Å². The van der Waals surface area contributed by atoms with Crippen molar-refractivity contribution in [3.8, 4) is 6.07 Å². The third kappa shape index (κ3) is 2.00. The highest BCUT2D eigenvalue weighted by atomic mass is 32.2. The first-order chi connectivity index (χ1) is 9.00. The van der Waals surface area contributed by atoms with Crippen molar-refractivity contribution in [2.45, 2.75) is 12.5 Å². The van der Waals surface area contributed by atoms with Crippen molar-refractivity contribution in [3.05, 3.63) is 29.8 Å². The third-order valence-electron chi connectivity index (χ3n) is 3.73. The molecule has 1 aromatic rings. The summed E-state index contributed by atoms with van der Waals surface area (Å²) in [6, 6.07) is 8.49. The maximum atomic E-state index is 12.0. The van der Waals surface area contributed by atoms with Crippen LogP contribution in [0.3, 0.4) is 0 Å². The van der Waals surface area contributed by atoms with E-state index in [2.05, 4.69) is 0 Å². The molecule has 6 heteroatoms. The largest absolute Gasteiger partial charge is 0.308 e. The lowest BCUT2D eigenvalue weighted by molar-refractivity contribution is -0.117. The number of rotatable bonds is 1. The number of carbonyl (C=O) groups excluding carboxylic acids is 1. The maximum Gasteiger partial charge on any atom is 0.227 e. The van der Waals surface area contributed by atoms with Gasteiger partial charge in [-0.25, -0.2) is 8.42 Å². The van der Waals surface area contributed by atoms with E-state index in [-0.39, 0.29) is 35.8 Å². The number of carbonyl (C=O) groups is 1. The Labute approximate surface area is 111 Å². The van der Waals surface area contributed by atoms with E-state index in [0.717, 1.165) is 0 Å². The molecule has 19 heavy (non-hydrogen) atoms. The van der Waals surface area contributed by atoms with Crippen LogP contribution < -0.4 is 4.90 Å². The molecule has 0 saturated carbocycles. The molecule has 2 saturated heterocycles. The Morgan fingerprint density at radius 3 is 2.84 bits per heavy atom. The van der Waals surface area contributed by atoms with Gasteiger partial charge < -0.3 is 4.90 Å². The van der Waals surface area contributed by atoms with Crippen LogP contribution in [0.25, 0.3) is 0 Å². The Bertz CT molecular complexity index is 690. The van der Waals surface area contributed by atoms with Gasteiger partial charge in [0.05, 0.1) is 29.2 Å². The second kappa shape index (κ2) is 4.07. The van der Waals surface area contributed by atoms with Gasteiger partial charge in [0.2, 0.25) is 5.91 Å². The zero-order chi connectivity index (χ0) is 13.6. The average Bonchev–Trinajstić information content (AvgIpc) is 2.79. The molecule has 0 unspecified atom stereocenters. The van der Waals surface area contributed by atoms with E-state index in [1.165, 1.54) is 0 Å². The Morgan fingerprint density at radius 1 is 1.32 bits per heavy atom. The van der Waals surface area contributed by atoms with Gasteiger partial charge in [-0.2, -0.15) is 5.26 Å². The molecule has 0 spiro atoms. The number of hydrogen-bond donors (Lipinski definition) is 0. The lowest BCUT2D eigenvalue weighted by Gasteiger charge is -2.23. The van der Waals surface area contributed by atoms with Crippen molar-refractivity contribution in [2.75, 3.05) is 16.4 Å². The average molecular weight is 276 g/mol. The summed E-state index contributed by atoms with van der Waals surface area (Å²) in [6.07, 6.45) is 0.278. The highest BCUT2D eigenvalue weighted by Crippen LogP contribution is 2.37. The summed E-state index contributed by atoms with van der Waals surface area (Å²) in [7, 11) is -3.04. The first-order valence-corrected chi connectivity index (χ1v) is 7.85. The molecule has 0 N–H and O–H groups in total. The topological polar surface area (TPSA) is 78.2 Å². The first kappa shape index (κ1) is 12.2. The van der Waals surface area contributed by atoms with Crippen LogP contribution in [0, 0.1) is 17.2 Å². The number of benzene rings is 1. The number of fused-ring (bicyclic) bond motifs is 1. The summed E-state index contributed by atoms with van der Waals surface area (Å²) in [6.45, 7) is 0. The molecule has 2 fully saturated rings. The molecule has 0 radical (unpaired) electrons. The second-order valence-corrected chi connectivity index (χ2v) is 7.19. The summed E-state index contributed by atoms with van der Waals surface area (Å²) in [4.78, 5) is 13.6. The quantitative estimate of drug-likeness (QED) is 0.756. The Kier molecular flexibility index (Phi) is 2.61. The minimum Gasteiger partial charge on any atom is -0.308 e. The lowest BCUT2D eigenvalue weighted by atomic mass is 10.0. The summed E-state index contributed by atoms with van der Waals surface area (Å²) >= 11 is 0. The predicted octanol–water partition coefficient (Wildman–Crippen LogP) is 0.708. The van der Waals surface area contributed by atoms with Crippen LogP contribution >= 0.6 is 0 Å². The maximum absolute atomic E-state index is 12.0. The van der Waals surface area contributed by atoms with Crippen molar-refractivity contribution >= 4 is 21.4 Å². The fourth-order valence-corrected chi connectivity index (χ4v) is 5.02.